The molecule has 0 aliphatic heterocycles. The summed E-state index contributed by atoms with van der Waals surface area (Å²) >= 11 is 0. The quantitative estimate of drug-likeness (QED) is 0.824. The number of aromatic nitrogens is 2. The van der Waals surface area contributed by atoms with Crippen LogP contribution in [0.4, 0.5) is 0 Å². The third-order valence-corrected chi connectivity index (χ3v) is 3.55. The Morgan fingerprint density at radius 2 is 2.16 bits per heavy atom. The molecule has 0 bridgehead atoms. The van der Waals surface area contributed by atoms with Crippen molar-refractivity contribution in [3.8, 4) is 0 Å². The minimum Gasteiger partial charge on any atom is -0.478 e. The smallest absolute Gasteiger partial charge is 0.335 e. The van der Waals surface area contributed by atoms with E-state index in [4.69, 9.17) is 10.2 Å². The first kappa shape index (κ1) is 13.5. The molecular formula is C11H13N3O4S. The number of imidazole rings is 1. The summed E-state index contributed by atoms with van der Waals surface area (Å²) in [5.41, 5.74) is 1.50. The van der Waals surface area contributed by atoms with Crippen LogP contribution in [0.5, 0.6) is 0 Å². The summed E-state index contributed by atoms with van der Waals surface area (Å²) in [6.45, 7) is 0.458. The number of nitrogens with zero attached hydrogens (tertiary/aromatic N) is 2. The van der Waals surface area contributed by atoms with E-state index in [0.29, 0.717) is 18.5 Å². The number of primary sulfonamides is 1. The average molecular weight is 283 g/mol. The van der Waals surface area contributed by atoms with Crippen LogP contribution in [-0.2, 0) is 16.6 Å². The number of aromatic carboxylic acids is 1. The minimum atomic E-state index is -3.46. The number of benzene rings is 1. The Bertz CT molecular complexity index is 721. The highest BCUT2D eigenvalue weighted by molar-refractivity contribution is 7.89. The lowest BCUT2D eigenvalue weighted by atomic mass is 10.2. The molecule has 0 aliphatic carbocycles. The second kappa shape index (κ2) is 4.98. The molecule has 1 aromatic carbocycles. The summed E-state index contributed by atoms with van der Waals surface area (Å²) in [7, 11) is -3.46. The van der Waals surface area contributed by atoms with Crippen LogP contribution < -0.4 is 5.14 Å². The van der Waals surface area contributed by atoms with Crippen LogP contribution in [0.1, 0.15) is 16.8 Å². The third kappa shape index (κ3) is 3.30. The minimum absolute atomic E-state index is 0.0973. The molecule has 7 nitrogen and oxygen atoms in total. The van der Waals surface area contributed by atoms with Crippen molar-refractivity contribution < 1.29 is 18.3 Å². The number of carboxylic acids is 1. The Kier molecular flexibility index (Phi) is 3.54. The number of hydrogen-bond donors (Lipinski definition) is 2. The van der Waals surface area contributed by atoms with Crippen LogP contribution >= 0.6 is 0 Å². The predicted octanol–water partition coefficient (Wildman–Crippen LogP) is 0.413. The molecule has 0 atom stereocenters. The van der Waals surface area contributed by atoms with Gasteiger partial charge in [0.1, 0.15) is 0 Å². The second-order valence-electron chi connectivity index (χ2n) is 4.17. The van der Waals surface area contributed by atoms with Gasteiger partial charge in [0.25, 0.3) is 0 Å². The standard InChI is InChI=1S/C11H13N3O4S/c12-19(17,18)5-1-4-14-7-13-9-6-8(11(15)16)2-3-10(9)14/h2-3,6-7H,1,4-5H2,(H,15,16)(H2,12,17,18). The summed E-state index contributed by atoms with van der Waals surface area (Å²) in [6.07, 6.45) is 1.93. The van der Waals surface area contributed by atoms with E-state index in [0.717, 1.165) is 5.52 Å². The first-order valence-corrected chi connectivity index (χ1v) is 7.27. The average Bonchev–Trinajstić information content (AvgIpc) is 2.70. The van der Waals surface area contributed by atoms with Gasteiger partial charge in [-0.1, -0.05) is 0 Å². The number of rotatable bonds is 5. The summed E-state index contributed by atoms with van der Waals surface area (Å²) in [4.78, 5) is 14.9. The van der Waals surface area contributed by atoms with Gasteiger partial charge in [0.05, 0.1) is 28.7 Å². The number of sulfonamides is 1. The zero-order valence-corrected chi connectivity index (χ0v) is 10.8. The van der Waals surface area contributed by atoms with Crippen molar-refractivity contribution in [1.29, 1.82) is 0 Å². The van der Waals surface area contributed by atoms with Gasteiger partial charge in [0.2, 0.25) is 10.0 Å². The van der Waals surface area contributed by atoms with Crippen molar-refractivity contribution in [3.05, 3.63) is 30.1 Å². The lowest BCUT2D eigenvalue weighted by Gasteiger charge is -2.03. The van der Waals surface area contributed by atoms with E-state index in [-0.39, 0.29) is 11.3 Å². The maximum atomic E-state index is 10.8. The molecule has 19 heavy (non-hydrogen) atoms. The summed E-state index contributed by atoms with van der Waals surface area (Å²) in [6, 6.07) is 4.62. The highest BCUT2D eigenvalue weighted by Crippen LogP contribution is 2.15. The zero-order valence-electron chi connectivity index (χ0n) is 9.98. The van der Waals surface area contributed by atoms with Gasteiger partial charge >= 0.3 is 5.97 Å². The van der Waals surface area contributed by atoms with Crippen molar-refractivity contribution >= 4 is 27.0 Å². The second-order valence-corrected chi connectivity index (χ2v) is 5.90. The number of nitrogens with two attached hydrogens (primary N) is 1. The first-order valence-electron chi connectivity index (χ1n) is 5.55. The Labute approximate surface area is 109 Å². The van der Waals surface area contributed by atoms with Crippen molar-refractivity contribution in [2.24, 2.45) is 5.14 Å². The van der Waals surface area contributed by atoms with E-state index in [2.05, 4.69) is 4.98 Å². The van der Waals surface area contributed by atoms with Gasteiger partial charge in [-0.25, -0.2) is 23.3 Å². The van der Waals surface area contributed by atoms with E-state index in [1.807, 2.05) is 0 Å². The van der Waals surface area contributed by atoms with Gasteiger partial charge in [-0.3, -0.25) is 0 Å². The molecule has 1 heterocycles. The molecule has 0 fully saturated rings. The summed E-state index contributed by atoms with van der Waals surface area (Å²) < 4.78 is 23.4. The molecule has 0 radical (unpaired) electrons. The monoisotopic (exact) mass is 283 g/mol. The Morgan fingerprint density at radius 3 is 2.79 bits per heavy atom. The topological polar surface area (TPSA) is 115 Å². The van der Waals surface area contributed by atoms with Gasteiger partial charge in [0.15, 0.2) is 0 Å². The van der Waals surface area contributed by atoms with E-state index >= 15 is 0 Å². The highest BCUT2D eigenvalue weighted by Gasteiger charge is 2.08. The molecular weight excluding hydrogens is 270 g/mol. The van der Waals surface area contributed by atoms with Gasteiger partial charge < -0.3 is 9.67 Å². The van der Waals surface area contributed by atoms with Crippen LogP contribution in [0.25, 0.3) is 11.0 Å². The molecule has 1 aromatic heterocycles. The fourth-order valence-electron chi connectivity index (χ4n) is 1.81. The molecule has 0 spiro atoms. The molecule has 2 aromatic rings. The highest BCUT2D eigenvalue weighted by atomic mass is 32.2. The van der Waals surface area contributed by atoms with Crippen LogP contribution in [0, 0.1) is 0 Å². The normalized spacial score (nSPS) is 11.8. The number of hydrogen-bond acceptors (Lipinski definition) is 4. The fourth-order valence-corrected chi connectivity index (χ4v) is 2.34. The molecule has 3 N–H and O–H groups in total. The molecule has 0 aliphatic rings. The van der Waals surface area contributed by atoms with Gasteiger partial charge in [0, 0.05) is 6.54 Å². The van der Waals surface area contributed by atoms with E-state index < -0.39 is 16.0 Å². The molecule has 0 saturated heterocycles. The molecule has 0 saturated carbocycles. The molecule has 2 rings (SSSR count). The largest absolute Gasteiger partial charge is 0.478 e. The molecule has 0 unspecified atom stereocenters. The maximum absolute atomic E-state index is 10.8. The number of aryl methyl sites for hydroxylation is 1. The van der Waals surface area contributed by atoms with Gasteiger partial charge in [-0.15, -0.1) is 0 Å². The van der Waals surface area contributed by atoms with Gasteiger partial charge in [-0.2, -0.15) is 0 Å². The van der Waals surface area contributed by atoms with E-state index in [9.17, 15) is 13.2 Å². The molecule has 8 heteroatoms. The lowest BCUT2D eigenvalue weighted by molar-refractivity contribution is 0.0697. The van der Waals surface area contributed by atoms with Crippen LogP contribution in [-0.4, -0.2) is 34.8 Å². The zero-order chi connectivity index (χ0) is 14.0. The SMILES string of the molecule is NS(=O)(=O)CCCn1cnc2cc(C(=O)O)ccc21. The van der Waals surface area contributed by atoms with Crippen molar-refractivity contribution in [2.75, 3.05) is 5.75 Å². The number of carboxylic acid groups (broad SMARTS) is 1. The summed E-state index contributed by atoms with van der Waals surface area (Å²) in [5, 5.41) is 13.8. The Hall–Kier alpha value is -1.93. The predicted molar refractivity (Wildman–Crippen MR) is 69.3 cm³/mol. The van der Waals surface area contributed by atoms with Crippen molar-refractivity contribution in [3.63, 3.8) is 0 Å². The Morgan fingerprint density at radius 1 is 1.42 bits per heavy atom. The van der Waals surface area contributed by atoms with Crippen LogP contribution in [0.3, 0.4) is 0 Å². The van der Waals surface area contributed by atoms with Crippen molar-refractivity contribution in [2.45, 2.75) is 13.0 Å². The van der Waals surface area contributed by atoms with E-state index in [1.54, 1.807) is 17.0 Å². The number of carbonyl (C=O) groups is 1. The fraction of sp³-hybridized carbons (Fsp3) is 0.273. The molecule has 0 amide bonds. The van der Waals surface area contributed by atoms with Crippen LogP contribution in [0.15, 0.2) is 24.5 Å². The van der Waals surface area contributed by atoms with Crippen molar-refractivity contribution in [1.82, 2.24) is 9.55 Å². The lowest BCUT2D eigenvalue weighted by Crippen LogP contribution is -2.17. The molecule has 102 valence electrons. The summed E-state index contributed by atoms with van der Waals surface area (Å²) in [5.74, 6) is -1.11. The maximum Gasteiger partial charge on any atom is 0.335 e. The third-order valence-electron chi connectivity index (χ3n) is 2.70. The number of fused-ring (bicyclic) bond motifs is 1. The van der Waals surface area contributed by atoms with Crippen LogP contribution in [0.2, 0.25) is 0 Å². The van der Waals surface area contributed by atoms with Gasteiger partial charge in [-0.05, 0) is 24.6 Å². The Balaban J connectivity index is 2.19. The first-order chi connectivity index (χ1) is 8.87. The van der Waals surface area contributed by atoms with E-state index in [1.165, 1.54) is 12.1 Å².